The van der Waals surface area contributed by atoms with Crippen LogP contribution in [0.25, 0.3) is 0 Å². The smallest absolute Gasteiger partial charge is 0.191 e. The molecule has 6 heteroatoms. The van der Waals surface area contributed by atoms with Gasteiger partial charge in [-0.05, 0) is 30.9 Å². The molecule has 0 radical (unpaired) electrons. The van der Waals surface area contributed by atoms with E-state index in [-0.39, 0.29) is 0 Å². The lowest BCUT2D eigenvalue weighted by atomic mass is 10.1. The molecule has 3 N–H and O–H groups in total. The van der Waals surface area contributed by atoms with Crippen LogP contribution >= 0.6 is 0 Å². The van der Waals surface area contributed by atoms with Crippen LogP contribution in [0.2, 0.25) is 0 Å². The number of methoxy groups -OCH3 is 1. The van der Waals surface area contributed by atoms with Crippen LogP contribution in [0.15, 0.2) is 29.3 Å². The maximum Gasteiger partial charge on any atom is 0.191 e. The van der Waals surface area contributed by atoms with Crippen molar-refractivity contribution in [1.29, 1.82) is 0 Å². The van der Waals surface area contributed by atoms with Crippen molar-refractivity contribution < 1.29 is 14.6 Å². The molecule has 0 aromatic heterocycles. The summed E-state index contributed by atoms with van der Waals surface area (Å²) in [7, 11) is 1.68. The fraction of sp³-hybridized carbons (Fsp3) is 0.632. The number of rotatable bonds is 11. The van der Waals surface area contributed by atoms with E-state index in [0.29, 0.717) is 31.6 Å². The van der Waals surface area contributed by atoms with E-state index in [1.807, 2.05) is 25.1 Å². The van der Waals surface area contributed by atoms with Crippen molar-refractivity contribution in [3.05, 3.63) is 29.8 Å². The minimum absolute atomic E-state index is 0.308. The van der Waals surface area contributed by atoms with Gasteiger partial charge < -0.3 is 25.2 Å². The molecule has 0 aliphatic carbocycles. The van der Waals surface area contributed by atoms with E-state index in [4.69, 9.17) is 9.47 Å². The van der Waals surface area contributed by atoms with Crippen molar-refractivity contribution in [3.63, 3.8) is 0 Å². The van der Waals surface area contributed by atoms with Crippen LogP contribution < -0.4 is 15.4 Å². The fourth-order valence-electron chi connectivity index (χ4n) is 2.26. The summed E-state index contributed by atoms with van der Waals surface area (Å²) in [5.74, 6) is 2.05. The SMILES string of the molecule is CCNC(=NCC(O)COCC(C)C)NCCc1ccccc1OC. The molecule has 0 fully saturated rings. The Morgan fingerprint density at radius 2 is 1.96 bits per heavy atom. The summed E-state index contributed by atoms with van der Waals surface area (Å²) in [6.45, 7) is 8.94. The van der Waals surface area contributed by atoms with Gasteiger partial charge in [-0.25, -0.2) is 0 Å². The van der Waals surface area contributed by atoms with Gasteiger partial charge in [-0.15, -0.1) is 0 Å². The maximum absolute atomic E-state index is 9.95. The number of nitrogens with zero attached hydrogens (tertiary/aromatic N) is 1. The maximum atomic E-state index is 9.95. The van der Waals surface area contributed by atoms with E-state index >= 15 is 0 Å². The van der Waals surface area contributed by atoms with E-state index in [2.05, 4.69) is 35.5 Å². The van der Waals surface area contributed by atoms with Gasteiger partial charge in [0, 0.05) is 19.7 Å². The number of aliphatic hydroxyl groups excluding tert-OH is 1. The minimum Gasteiger partial charge on any atom is -0.496 e. The minimum atomic E-state index is -0.594. The van der Waals surface area contributed by atoms with Crippen molar-refractivity contribution in [2.45, 2.75) is 33.3 Å². The second kappa shape index (κ2) is 12.6. The van der Waals surface area contributed by atoms with Crippen LogP contribution in [0, 0.1) is 5.92 Å². The summed E-state index contributed by atoms with van der Waals surface area (Å²) in [6, 6.07) is 7.98. The number of ether oxygens (including phenoxy) is 2. The Morgan fingerprint density at radius 3 is 2.64 bits per heavy atom. The molecule has 0 heterocycles. The van der Waals surface area contributed by atoms with Gasteiger partial charge in [0.15, 0.2) is 5.96 Å². The van der Waals surface area contributed by atoms with E-state index in [1.54, 1.807) is 7.11 Å². The van der Waals surface area contributed by atoms with Gasteiger partial charge >= 0.3 is 0 Å². The first-order valence-corrected chi connectivity index (χ1v) is 8.96. The fourth-order valence-corrected chi connectivity index (χ4v) is 2.26. The zero-order valence-corrected chi connectivity index (χ0v) is 15.9. The van der Waals surface area contributed by atoms with Crippen LogP contribution in [-0.2, 0) is 11.2 Å². The highest BCUT2D eigenvalue weighted by Crippen LogP contribution is 2.17. The highest BCUT2D eigenvalue weighted by molar-refractivity contribution is 5.79. The first-order chi connectivity index (χ1) is 12.1. The molecular weight excluding hydrogens is 318 g/mol. The van der Waals surface area contributed by atoms with E-state index in [1.165, 1.54) is 0 Å². The Hall–Kier alpha value is -1.79. The molecule has 1 unspecified atom stereocenters. The van der Waals surface area contributed by atoms with Crippen molar-refractivity contribution >= 4 is 5.96 Å². The molecule has 0 saturated heterocycles. The Kier molecular flexibility index (Phi) is 10.7. The Bertz CT molecular complexity index is 506. The molecule has 1 aromatic rings. The molecule has 0 bridgehead atoms. The number of nitrogens with one attached hydrogen (secondary N) is 2. The van der Waals surface area contributed by atoms with Gasteiger partial charge in [0.25, 0.3) is 0 Å². The van der Waals surface area contributed by atoms with E-state index in [0.717, 1.165) is 30.8 Å². The quantitative estimate of drug-likeness (QED) is 0.419. The average Bonchev–Trinajstić information content (AvgIpc) is 2.59. The Morgan fingerprint density at radius 1 is 1.20 bits per heavy atom. The lowest BCUT2D eigenvalue weighted by Crippen LogP contribution is -2.39. The van der Waals surface area contributed by atoms with Crippen molar-refractivity contribution in [2.24, 2.45) is 10.9 Å². The van der Waals surface area contributed by atoms with Gasteiger partial charge in [0.05, 0.1) is 26.4 Å². The topological polar surface area (TPSA) is 75.1 Å². The van der Waals surface area contributed by atoms with Crippen molar-refractivity contribution in [1.82, 2.24) is 10.6 Å². The summed E-state index contributed by atoms with van der Waals surface area (Å²) < 4.78 is 10.8. The highest BCUT2D eigenvalue weighted by Gasteiger charge is 2.06. The third kappa shape index (κ3) is 9.31. The molecule has 0 amide bonds. The Balaban J connectivity index is 2.42. The third-order valence-electron chi connectivity index (χ3n) is 3.45. The monoisotopic (exact) mass is 351 g/mol. The van der Waals surface area contributed by atoms with Crippen LogP contribution in [0.4, 0.5) is 0 Å². The molecule has 0 spiro atoms. The van der Waals surface area contributed by atoms with Gasteiger partial charge in [-0.2, -0.15) is 0 Å². The molecule has 1 atom stereocenters. The standard InChI is InChI=1S/C19H33N3O3/c1-5-20-19(22-12-17(23)14-25-13-15(2)3)21-11-10-16-8-6-7-9-18(16)24-4/h6-9,15,17,23H,5,10-14H2,1-4H3,(H2,20,21,22). The van der Waals surface area contributed by atoms with Gasteiger partial charge in [-0.3, -0.25) is 4.99 Å². The molecule has 25 heavy (non-hydrogen) atoms. The second-order valence-electron chi connectivity index (χ2n) is 6.29. The number of para-hydroxylation sites is 1. The molecule has 6 nitrogen and oxygen atoms in total. The molecule has 0 aliphatic heterocycles. The largest absolute Gasteiger partial charge is 0.496 e. The number of guanidine groups is 1. The predicted molar refractivity (Wildman–Crippen MR) is 102 cm³/mol. The third-order valence-corrected chi connectivity index (χ3v) is 3.45. The van der Waals surface area contributed by atoms with E-state index < -0.39 is 6.10 Å². The number of benzene rings is 1. The molecule has 1 aromatic carbocycles. The first kappa shape index (κ1) is 21.3. The molecule has 0 aliphatic rings. The molecule has 1 rings (SSSR count). The van der Waals surface area contributed by atoms with Crippen LogP contribution in [0.3, 0.4) is 0 Å². The zero-order chi connectivity index (χ0) is 18.5. The summed E-state index contributed by atoms with van der Waals surface area (Å²) in [5, 5.41) is 16.4. The first-order valence-electron chi connectivity index (χ1n) is 8.96. The summed E-state index contributed by atoms with van der Waals surface area (Å²) >= 11 is 0. The molecule has 142 valence electrons. The van der Waals surface area contributed by atoms with Crippen molar-refractivity contribution in [3.8, 4) is 5.75 Å². The number of hydrogen-bond acceptors (Lipinski definition) is 4. The molecular formula is C19H33N3O3. The van der Waals surface area contributed by atoms with Crippen LogP contribution in [-0.4, -0.2) is 57.1 Å². The lowest BCUT2D eigenvalue weighted by Gasteiger charge is -2.14. The van der Waals surface area contributed by atoms with Crippen molar-refractivity contribution in [2.75, 3.05) is 40.0 Å². The summed E-state index contributed by atoms with van der Waals surface area (Å²) in [5.41, 5.74) is 1.15. The normalized spacial score (nSPS) is 13.0. The number of hydrogen-bond donors (Lipinski definition) is 3. The van der Waals surface area contributed by atoms with Crippen LogP contribution in [0.1, 0.15) is 26.3 Å². The molecule has 0 saturated carbocycles. The average molecular weight is 351 g/mol. The van der Waals surface area contributed by atoms with Gasteiger partial charge in [-0.1, -0.05) is 32.0 Å². The van der Waals surface area contributed by atoms with Gasteiger partial charge in [0.1, 0.15) is 5.75 Å². The summed E-state index contributed by atoms with van der Waals surface area (Å²) in [4.78, 5) is 4.42. The predicted octanol–water partition coefficient (Wildman–Crippen LogP) is 1.83. The zero-order valence-electron chi connectivity index (χ0n) is 15.9. The van der Waals surface area contributed by atoms with E-state index in [9.17, 15) is 5.11 Å². The number of aliphatic hydroxyl groups is 1. The Labute approximate surface area is 151 Å². The van der Waals surface area contributed by atoms with Crippen LogP contribution in [0.5, 0.6) is 5.75 Å². The summed E-state index contributed by atoms with van der Waals surface area (Å²) in [6.07, 6.45) is 0.234. The second-order valence-corrected chi connectivity index (χ2v) is 6.29. The highest BCUT2D eigenvalue weighted by atomic mass is 16.5. The number of aliphatic imine (C=N–C) groups is 1. The van der Waals surface area contributed by atoms with Gasteiger partial charge in [0.2, 0.25) is 0 Å². The lowest BCUT2D eigenvalue weighted by molar-refractivity contribution is 0.0301.